The zero-order valence-electron chi connectivity index (χ0n) is 16.5. The summed E-state index contributed by atoms with van der Waals surface area (Å²) in [6.07, 6.45) is 3.50. The number of benzene rings is 2. The maximum absolute atomic E-state index is 13.2. The third-order valence-corrected chi connectivity index (χ3v) is 6.26. The van der Waals surface area contributed by atoms with Gasteiger partial charge in [0.05, 0.1) is 17.6 Å². The van der Waals surface area contributed by atoms with Crippen LogP contribution in [-0.2, 0) is 13.1 Å². The van der Waals surface area contributed by atoms with Crippen molar-refractivity contribution in [1.82, 2.24) is 14.5 Å². The smallest absolute Gasteiger partial charge is 0.254 e. The molecule has 4 rings (SSSR count). The monoisotopic (exact) mass is 439 g/mol. The lowest BCUT2D eigenvalue weighted by molar-refractivity contribution is 0.0737. The van der Waals surface area contributed by atoms with E-state index in [0.29, 0.717) is 6.54 Å². The van der Waals surface area contributed by atoms with Crippen LogP contribution in [0.5, 0.6) is 0 Å². The van der Waals surface area contributed by atoms with Gasteiger partial charge in [-0.1, -0.05) is 41.1 Å². The molecule has 0 atom stereocenters. The molecule has 1 aliphatic carbocycles. The zero-order valence-corrected chi connectivity index (χ0v) is 18.1. The summed E-state index contributed by atoms with van der Waals surface area (Å²) in [5, 5.41) is 0. The van der Waals surface area contributed by atoms with Crippen LogP contribution in [0.25, 0.3) is 11.0 Å². The molecule has 1 heterocycles. The number of halogens is 1. The first kappa shape index (κ1) is 19.2. The number of hydrogen-bond donors (Lipinski definition) is 0. The Labute approximate surface area is 174 Å². The van der Waals surface area contributed by atoms with Gasteiger partial charge in [-0.2, -0.15) is 0 Å². The van der Waals surface area contributed by atoms with Crippen LogP contribution in [-0.4, -0.2) is 26.9 Å². The SMILES string of the molecule is CCCN(Cc1nc2ccccc2n1CC1CC1)C(=O)c1ccc(C)c(Br)c1. The Kier molecular flexibility index (Phi) is 5.54. The Balaban J connectivity index is 1.65. The van der Waals surface area contributed by atoms with Crippen LogP contribution in [0.2, 0.25) is 0 Å². The molecular weight excluding hydrogens is 414 g/mol. The summed E-state index contributed by atoms with van der Waals surface area (Å²) in [5.41, 5.74) is 4.03. The van der Waals surface area contributed by atoms with Gasteiger partial charge >= 0.3 is 0 Å². The van der Waals surface area contributed by atoms with E-state index in [9.17, 15) is 4.79 Å². The van der Waals surface area contributed by atoms with Gasteiger partial charge in [0.1, 0.15) is 5.82 Å². The molecule has 1 fully saturated rings. The molecule has 0 bridgehead atoms. The summed E-state index contributed by atoms with van der Waals surface area (Å²) < 4.78 is 3.30. The Morgan fingerprint density at radius 1 is 1.25 bits per heavy atom. The van der Waals surface area contributed by atoms with Crippen molar-refractivity contribution >= 4 is 32.9 Å². The van der Waals surface area contributed by atoms with Crippen molar-refractivity contribution in [3.8, 4) is 0 Å². The predicted molar refractivity (Wildman–Crippen MR) is 116 cm³/mol. The molecule has 0 aliphatic heterocycles. The second-order valence-electron chi connectivity index (χ2n) is 7.76. The molecule has 2 aromatic carbocycles. The van der Waals surface area contributed by atoms with E-state index in [4.69, 9.17) is 4.98 Å². The average molecular weight is 440 g/mol. The number of rotatable bonds is 7. The lowest BCUT2D eigenvalue weighted by atomic mass is 10.1. The van der Waals surface area contributed by atoms with Crippen molar-refractivity contribution in [3.05, 3.63) is 63.9 Å². The number of carbonyl (C=O) groups excluding carboxylic acids is 1. The standard InChI is InChI=1S/C23H26BrN3O/c1-3-12-26(23(28)18-11-8-16(2)19(24)13-18)15-22-25-20-6-4-5-7-21(20)27(22)14-17-9-10-17/h4-8,11,13,17H,3,9-10,12,14-15H2,1-2H3. The van der Waals surface area contributed by atoms with Crippen LogP contribution in [0, 0.1) is 12.8 Å². The Bertz CT molecular complexity index is 1010. The molecule has 1 amide bonds. The highest BCUT2D eigenvalue weighted by atomic mass is 79.9. The molecule has 5 heteroatoms. The van der Waals surface area contributed by atoms with Gasteiger partial charge in [0.2, 0.25) is 0 Å². The minimum absolute atomic E-state index is 0.0626. The van der Waals surface area contributed by atoms with E-state index >= 15 is 0 Å². The summed E-state index contributed by atoms with van der Waals surface area (Å²) in [5.74, 6) is 1.80. The molecule has 0 unspecified atom stereocenters. The highest BCUT2D eigenvalue weighted by Crippen LogP contribution is 2.32. The molecule has 1 aliphatic rings. The van der Waals surface area contributed by atoms with E-state index in [1.54, 1.807) is 0 Å². The molecule has 0 radical (unpaired) electrons. The molecule has 1 aromatic heterocycles. The highest BCUT2D eigenvalue weighted by molar-refractivity contribution is 9.10. The minimum Gasteiger partial charge on any atom is -0.331 e. The van der Waals surface area contributed by atoms with Crippen LogP contribution in [0.1, 0.15) is 47.9 Å². The number of fused-ring (bicyclic) bond motifs is 1. The van der Waals surface area contributed by atoms with E-state index in [0.717, 1.165) is 52.4 Å². The van der Waals surface area contributed by atoms with Crippen LogP contribution >= 0.6 is 15.9 Å². The van der Waals surface area contributed by atoms with Crippen molar-refractivity contribution in [2.75, 3.05) is 6.54 Å². The average Bonchev–Trinajstić information content (AvgIpc) is 3.45. The van der Waals surface area contributed by atoms with Gasteiger partial charge in [0, 0.05) is 23.1 Å². The molecule has 146 valence electrons. The van der Waals surface area contributed by atoms with Crippen LogP contribution in [0.15, 0.2) is 46.9 Å². The van der Waals surface area contributed by atoms with Gasteiger partial charge in [-0.3, -0.25) is 4.79 Å². The van der Waals surface area contributed by atoms with Gasteiger partial charge in [0.25, 0.3) is 5.91 Å². The Morgan fingerprint density at radius 3 is 2.75 bits per heavy atom. The van der Waals surface area contributed by atoms with Crippen molar-refractivity contribution < 1.29 is 4.79 Å². The number of nitrogens with zero attached hydrogens (tertiary/aromatic N) is 3. The summed E-state index contributed by atoms with van der Waals surface area (Å²) >= 11 is 3.55. The van der Waals surface area contributed by atoms with Crippen molar-refractivity contribution in [2.45, 2.75) is 46.2 Å². The zero-order chi connectivity index (χ0) is 19.7. The molecule has 0 N–H and O–H groups in total. The number of aromatic nitrogens is 2. The first-order valence-electron chi connectivity index (χ1n) is 10.1. The van der Waals surface area contributed by atoms with Crippen LogP contribution in [0.4, 0.5) is 0 Å². The van der Waals surface area contributed by atoms with E-state index in [1.807, 2.05) is 36.1 Å². The third kappa shape index (κ3) is 4.00. The maximum atomic E-state index is 13.2. The van der Waals surface area contributed by atoms with E-state index in [2.05, 4.69) is 45.6 Å². The fourth-order valence-electron chi connectivity index (χ4n) is 3.61. The second-order valence-corrected chi connectivity index (χ2v) is 8.62. The maximum Gasteiger partial charge on any atom is 0.254 e. The molecule has 0 saturated heterocycles. The number of imidazole rings is 1. The first-order chi connectivity index (χ1) is 13.6. The van der Waals surface area contributed by atoms with E-state index in [-0.39, 0.29) is 5.91 Å². The van der Waals surface area contributed by atoms with Gasteiger partial charge in [-0.05, 0) is 61.9 Å². The van der Waals surface area contributed by atoms with Crippen molar-refractivity contribution in [2.24, 2.45) is 5.92 Å². The number of aryl methyl sites for hydroxylation is 1. The van der Waals surface area contributed by atoms with E-state index < -0.39 is 0 Å². The second kappa shape index (κ2) is 8.08. The number of amides is 1. The lowest BCUT2D eigenvalue weighted by Crippen LogP contribution is -2.32. The van der Waals surface area contributed by atoms with Gasteiger partial charge in [-0.15, -0.1) is 0 Å². The van der Waals surface area contributed by atoms with Gasteiger partial charge < -0.3 is 9.47 Å². The first-order valence-corrected chi connectivity index (χ1v) is 10.9. The van der Waals surface area contributed by atoms with E-state index in [1.165, 1.54) is 18.4 Å². The molecule has 28 heavy (non-hydrogen) atoms. The minimum atomic E-state index is 0.0626. The Hall–Kier alpha value is -2.14. The summed E-state index contributed by atoms with van der Waals surface area (Å²) in [6.45, 7) is 6.40. The largest absolute Gasteiger partial charge is 0.331 e. The number of hydrogen-bond acceptors (Lipinski definition) is 2. The van der Waals surface area contributed by atoms with Crippen molar-refractivity contribution in [1.29, 1.82) is 0 Å². The molecule has 1 saturated carbocycles. The summed E-state index contributed by atoms with van der Waals surface area (Å²) in [4.78, 5) is 20.0. The third-order valence-electron chi connectivity index (χ3n) is 5.40. The van der Waals surface area contributed by atoms with Gasteiger partial charge in [-0.25, -0.2) is 4.98 Å². The summed E-state index contributed by atoms with van der Waals surface area (Å²) in [6, 6.07) is 14.1. The number of carbonyl (C=O) groups is 1. The lowest BCUT2D eigenvalue weighted by Gasteiger charge is -2.23. The normalized spacial score (nSPS) is 13.8. The molecule has 4 nitrogen and oxygen atoms in total. The van der Waals surface area contributed by atoms with Crippen LogP contribution < -0.4 is 0 Å². The fourth-order valence-corrected chi connectivity index (χ4v) is 3.99. The molecule has 3 aromatic rings. The highest BCUT2D eigenvalue weighted by Gasteiger charge is 2.25. The summed E-state index contributed by atoms with van der Waals surface area (Å²) in [7, 11) is 0. The number of para-hydroxylation sites is 2. The Morgan fingerprint density at radius 2 is 2.04 bits per heavy atom. The quantitative estimate of drug-likeness (QED) is 0.482. The predicted octanol–water partition coefficient (Wildman–Crippen LogP) is 5.57. The molecular formula is C23H26BrN3O. The van der Waals surface area contributed by atoms with Crippen molar-refractivity contribution in [3.63, 3.8) is 0 Å². The van der Waals surface area contributed by atoms with Crippen LogP contribution in [0.3, 0.4) is 0 Å². The molecule has 0 spiro atoms. The fraction of sp³-hybridized carbons (Fsp3) is 0.391. The van der Waals surface area contributed by atoms with Gasteiger partial charge in [0.15, 0.2) is 0 Å². The topological polar surface area (TPSA) is 38.1 Å².